The monoisotopic (exact) mass is 396 g/mol. The zero-order chi connectivity index (χ0) is 20.8. The summed E-state index contributed by atoms with van der Waals surface area (Å²) < 4.78 is 10.6. The molecule has 0 unspecified atom stereocenters. The Morgan fingerprint density at radius 2 is 1.93 bits per heavy atom. The van der Waals surface area contributed by atoms with Gasteiger partial charge in [0.2, 0.25) is 5.91 Å². The molecule has 1 fully saturated rings. The highest BCUT2D eigenvalue weighted by Gasteiger charge is 2.21. The predicted octanol–water partition coefficient (Wildman–Crippen LogP) is 3.07. The van der Waals surface area contributed by atoms with Gasteiger partial charge >= 0.3 is 5.97 Å². The quantitative estimate of drug-likeness (QED) is 0.727. The average Bonchev–Trinajstić information content (AvgIpc) is 3.12. The molecule has 1 N–H and O–H groups in total. The van der Waals surface area contributed by atoms with Crippen molar-refractivity contribution in [2.45, 2.75) is 32.8 Å². The fraction of sp³-hybridized carbons (Fsp3) is 0.318. The second-order valence-electron chi connectivity index (χ2n) is 6.93. The van der Waals surface area contributed by atoms with E-state index in [-0.39, 0.29) is 5.91 Å². The lowest BCUT2D eigenvalue weighted by Gasteiger charge is -2.16. The summed E-state index contributed by atoms with van der Waals surface area (Å²) in [6.07, 6.45) is 0.590. The van der Waals surface area contributed by atoms with E-state index in [4.69, 9.17) is 9.47 Å². The summed E-state index contributed by atoms with van der Waals surface area (Å²) in [6.45, 7) is 3.80. The highest BCUT2D eigenvalue weighted by atomic mass is 16.6. The van der Waals surface area contributed by atoms with Crippen molar-refractivity contribution in [1.29, 1.82) is 0 Å². The molecule has 1 atom stereocenters. The molecule has 3 rings (SSSR count). The molecule has 29 heavy (non-hydrogen) atoms. The second kappa shape index (κ2) is 9.23. The van der Waals surface area contributed by atoms with Gasteiger partial charge in [0.1, 0.15) is 5.75 Å². The summed E-state index contributed by atoms with van der Waals surface area (Å²) in [6, 6.07) is 14.3. The molecule has 0 bridgehead atoms. The molecule has 0 saturated carbocycles. The van der Waals surface area contributed by atoms with Gasteiger partial charge in [0, 0.05) is 24.3 Å². The number of carbonyl (C=O) groups is 3. The van der Waals surface area contributed by atoms with Crippen molar-refractivity contribution >= 4 is 29.2 Å². The molecule has 1 aliphatic rings. The molecule has 0 radical (unpaired) electrons. The highest BCUT2D eigenvalue weighted by molar-refractivity contribution is 5.96. The van der Waals surface area contributed by atoms with Gasteiger partial charge in [0.15, 0.2) is 12.7 Å². The van der Waals surface area contributed by atoms with Crippen LogP contribution < -0.4 is 15.0 Å². The number of ether oxygens (including phenoxy) is 2. The summed E-state index contributed by atoms with van der Waals surface area (Å²) in [7, 11) is 0. The minimum absolute atomic E-state index is 0.107. The number of carbonyl (C=O) groups excluding carboxylic acids is 3. The highest BCUT2D eigenvalue weighted by Crippen LogP contribution is 2.23. The normalized spacial score (nSPS) is 14.4. The number of rotatable bonds is 7. The van der Waals surface area contributed by atoms with Crippen molar-refractivity contribution in [3.63, 3.8) is 0 Å². The predicted molar refractivity (Wildman–Crippen MR) is 109 cm³/mol. The van der Waals surface area contributed by atoms with Crippen LogP contribution >= 0.6 is 0 Å². The number of nitrogens with zero attached hydrogens (tertiary/aromatic N) is 1. The summed E-state index contributed by atoms with van der Waals surface area (Å²) >= 11 is 0. The maximum Gasteiger partial charge on any atom is 0.347 e. The molecule has 2 aromatic rings. The first kappa shape index (κ1) is 20.4. The minimum Gasteiger partial charge on any atom is -0.479 e. The van der Waals surface area contributed by atoms with Crippen LogP contribution in [0.2, 0.25) is 0 Å². The van der Waals surface area contributed by atoms with Gasteiger partial charge in [0.05, 0.1) is 0 Å². The van der Waals surface area contributed by atoms with Gasteiger partial charge < -0.3 is 19.7 Å². The first-order valence-electron chi connectivity index (χ1n) is 9.52. The third-order valence-corrected chi connectivity index (χ3v) is 4.52. The molecule has 1 saturated heterocycles. The minimum atomic E-state index is -0.832. The molecule has 0 aromatic heterocycles. The fourth-order valence-corrected chi connectivity index (χ4v) is 3.04. The van der Waals surface area contributed by atoms with E-state index in [0.29, 0.717) is 24.4 Å². The van der Waals surface area contributed by atoms with Gasteiger partial charge in [0.25, 0.3) is 5.91 Å². The van der Waals surface area contributed by atoms with Crippen molar-refractivity contribution in [3.05, 3.63) is 54.1 Å². The number of amides is 2. The van der Waals surface area contributed by atoms with Crippen LogP contribution in [0.3, 0.4) is 0 Å². The van der Waals surface area contributed by atoms with Gasteiger partial charge in [-0.3, -0.25) is 9.59 Å². The van der Waals surface area contributed by atoms with Crippen LogP contribution in [0.1, 0.15) is 25.3 Å². The summed E-state index contributed by atoms with van der Waals surface area (Å²) in [5.74, 6) is -0.401. The van der Waals surface area contributed by atoms with E-state index in [2.05, 4.69) is 5.32 Å². The number of aryl methyl sites for hydroxylation is 1. The summed E-state index contributed by atoms with van der Waals surface area (Å²) in [5.41, 5.74) is 2.38. The van der Waals surface area contributed by atoms with Gasteiger partial charge in [-0.1, -0.05) is 12.1 Å². The molecular weight excluding hydrogens is 372 g/mol. The molecule has 0 aliphatic carbocycles. The Kier molecular flexibility index (Phi) is 6.49. The maximum absolute atomic E-state index is 12.0. The van der Waals surface area contributed by atoms with E-state index in [1.165, 1.54) is 0 Å². The third-order valence-electron chi connectivity index (χ3n) is 4.52. The zero-order valence-electron chi connectivity index (χ0n) is 16.5. The molecule has 152 valence electrons. The van der Waals surface area contributed by atoms with E-state index < -0.39 is 24.6 Å². The van der Waals surface area contributed by atoms with Crippen LogP contribution in [-0.4, -0.2) is 37.0 Å². The molecular formula is C22H24N2O5. The number of nitrogens with one attached hydrogen (secondary N) is 1. The van der Waals surface area contributed by atoms with Crippen LogP contribution in [0.15, 0.2) is 48.5 Å². The Morgan fingerprint density at radius 1 is 1.17 bits per heavy atom. The Balaban J connectivity index is 1.45. The fourth-order valence-electron chi connectivity index (χ4n) is 3.04. The molecule has 1 aliphatic heterocycles. The van der Waals surface area contributed by atoms with E-state index in [0.717, 1.165) is 17.7 Å². The van der Waals surface area contributed by atoms with Gasteiger partial charge in [-0.25, -0.2) is 4.79 Å². The number of hydrogen-bond donors (Lipinski definition) is 1. The van der Waals surface area contributed by atoms with Crippen LogP contribution in [0.25, 0.3) is 0 Å². The van der Waals surface area contributed by atoms with E-state index in [1.807, 2.05) is 25.1 Å². The summed E-state index contributed by atoms with van der Waals surface area (Å²) in [4.78, 5) is 37.6. The van der Waals surface area contributed by atoms with Crippen molar-refractivity contribution in [3.8, 4) is 5.75 Å². The van der Waals surface area contributed by atoms with Crippen LogP contribution in [0, 0.1) is 6.92 Å². The molecule has 2 aromatic carbocycles. The van der Waals surface area contributed by atoms with Crippen LogP contribution in [-0.2, 0) is 19.1 Å². The zero-order valence-corrected chi connectivity index (χ0v) is 16.5. The smallest absolute Gasteiger partial charge is 0.347 e. The standard InChI is InChI=1S/C22H24N2O5/c1-15-5-3-6-19(13-15)29-16(2)22(27)28-14-20(25)23-17-8-10-18(11-9-17)24-12-4-7-21(24)26/h3,5-6,8-11,13,16H,4,7,12,14H2,1-2H3,(H,23,25)/t16-/m0/s1. The first-order valence-corrected chi connectivity index (χ1v) is 9.52. The second-order valence-corrected chi connectivity index (χ2v) is 6.93. The Labute approximate surface area is 169 Å². The Hall–Kier alpha value is -3.35. The number of hydrogen-bond acceptors (Lipinski definition) is 5. The van der Waals surface area contributed by atoms with Crippen LogP contribution in [0.5, 0.6) is 5.75 Å². The lowest BCUT2D eigenvalue weighted by atomic mass is 10.2. The van der Waals surface area contributed by atoms with Crippen molar-refractivity contribution < 1.29 is 23.9 Å². The molecule has 0 spiro atoms. The number of esters is 1. The lowest BCUT2D eigenvalue weighted by Crippen LogP contribution is -2.29. The average molecular weight is 396 g/mol. The third kappa shape index (κ3) is 5.57. The maximum atomic E-state index is 12.0. The van der Waals surface area contributed by atoms with E-state index >= 15 is 0 Å². The van der Waals surface area contributed by atoms with Gasteiger partial charge in [-0.15, -0.1) is 0 Å². The Morgan fingerprint density at radius 3 is 2.59 bits per heavy atom. The van der Waals surface area contributed by atoms with Crippen molar-refractivity contribution in [1.82, 2.24) is 0 Å². The molecule has 7 heteroatoms. The SMILES string of the molecule is Cc1cccc(O[C@@H](C)C(=O)OCC(=O)Nc2ccc(N3CCCC3=O)cc2)c1. The first-order chi connectivity index (χ1) is 13.9. The van der Waals surface area contributed by atoms with Crippen molar-refractivity contribution in [2.75, 3.05) is 23.4 Å². The lowest BCUT2D eigenvalue weighted by molar-refractivity contribution is -0.153. The van der Waals surface area contributed by atoms with Crippen LogP contribution in [0.4, 0.5) is 11.4 Å². The van der Waals surface area contributed by atoms with Gasteiger partial charge in [-0.2, -0.15) is 0 Å². The number of anilines is 2. The van der Waals surface area contributed by atoms with Gasteiger partial charge in [-0.05, 0) is 62.2 Å². The van der Waals surface area contributed by atoms with E-state index in [1.54, 1.807) is 42.2 Å². The largest absolute Gasteiger partial charge is 0.479 e. The molecule has 2 amide bonds. The topological polar surface area (TPSA) is 84.9 Å². The van der Waals surface area contributed by atoms with Crippen molar-refractivity contribution in [2.24, 2.45) is 0 Å². The molecule has 7 nitrogen and oxygen atoms in total. The number of benzene rings is 2. The molecule has 1 heterocycles. The summed E-state index contributed by atoms with van der Waals surface area (Å²) in [5, 5.41) is 2.66. The van der Waals surface area contributed by atoms with E-state index in [9.17, 15) is 14.4 Å². The Bertz CT molecular complexity index is 894.